The molecule has 0 aliphatic rings. The number of nitrogens with two attached hydrogens (primary N) is 4. The molecule has 0 saturated carbocycles. The van der Waals surface area contributed by atoms with E-state index in [1.807, 2.05) is 0 Å². The lowest BCUT2D eigenvalue weighted by Gasteiger charge is -2.00. The number of aliphatic carboxylic acids is 2. The van der Waals surface area contributed by atoms with Gasteiger partial charge in [0.25, 0.3) is 0 Å². The second kappa shape index (κ2) is 14.6. The van der Waals surface area contributed by atoms with Gasteiger partial charge in [-0.15, -0.1) is 0 Å². The maximum atomic E-state index is 10.00. The first-order valence-electron chi connectivity index (χ1n) is 5.84. The number of carbonyl (C=O) groups excluding carboxylic acids is 2. The van der Waals surface area contributed by atoms with Crippen molar-refractivity contribution in [2.45, 2.75) is 24.6 Å². The van der Waals surface area contributed by atoms with Gasteiger partial charge in [0.2, 0.25) is 11.8 Å². The first kappa shape index (κ1) is 25.6. The van der Waals surface area contributed by atoms with Crippen molar-refractivity contribution in [3.63, 3.8) is 0 Å². The molecule has 0 heterocycles. The van der Waals surface area contributed by atoms with E-state index < -0.39 is 61.6 Å². The van der Waals surface area contributed by atoms with Gasteiger partial charge in [0.1, 0.15) is 18.2 Å². The summed E-state index contributed by atoms with van der Waals surface area (Å²) in [5.41, 5.74) is 18.7. The summed E-state index contributed by atoms with van der Waals surface area (Å²) in [6.45, 7) is -1.01. The third-order valence-corrected chi connectivity index (χ3v) is 1.75. The van der Waals surface area contributed by atoms with Crippen molar-refractivity contribution >= 4 is 23.8 Å². The highest BCUT2D eigenvalue weighted by molar-refractivity contribution is 5.85. The Bertz CT molecular complexity index is 371. The summed E-state index contributed by atoms with van der Waals surface area (Å²) in [7, 11) is 0. The highest BCUT2D eigenvalue weighted by Gasteiger charge is 2.12. The van der Waals surface area contributed by atoms with Gasteiger partial charge < -0.3 is 48.5 Å². The number of carboxylic acid groups (broad SMARTS) is 2. The van der Waals surface area contributed by atoms with E-state index in [4.69, 9.17) is 37.0 Å². The summed E-state index contributed by atoms with van der Waals surface area (Å²) in [4.78, 5) is 39.3. The molecule has 0 bridgehead atoms. The Morgan fingerprint density at radius 1 is 0.826 bits per heavy atom. The number of carboxylic acids is 2. The molecule has 3 atom stereocenters. The Morgan fingerprint density at radius 3 is 1.17 bits per heavy atom. The molecule has 136 valence electrons. The first-order valence-corrected chi connectivity index (χ1v) is 5.84. The minimum atomic E-state index is -1.44. The van der Waals surface area contributed by atoms with Crippen LogP contribution in [0.1, 0.15) is 6.42 Å². The van der Waals surface area contributed by atoms with Crippen LogP contribution in [0, 0.1) is 0 Å². The van der Waals surface area contributed by atoms with Gasteiger partial charge in [-0.25, -0.2) is 0 Å². The molecule has 13 N–H and O–H groups in total. The average molecular weight is 342 g/mol. The molecule has 0 radical (unpaired) electrons. The fraction of sp³-hybridized carbons (Fsp3) is 0.600. The Labute approximate surface area is 130 Å². The van der Waals surface area contributed by atoms with Crippen LogP contribution >= 0.6 is 0 Å². The predicted octanol–water partition coefficient (Wildman–Crippen LogP) is -5.51. The zero-order chi connectivity index (χ0) is 19.2. The van der Waals surface area contributed by atoms with Gasteiger partial charge in [0.05, 0.1) is 19.6 Å². The molecule has 0 fully saturated rings. The standard InChI is InChI=1S/C4H8N2O3.2C3H7NO3/c5-3(8)1-2(7)4(6)9;2*4-2(1-5)3(6)7/h2,7H,1H2,(H2,5,8)(H2,6,9);2*2,5H,1,4H2,(H,6,7)/t;2*2-/m.00/s1. The van der Waals surface area contributed by atoms with E-state index in [0.29, 0.717) is 0 Å². The summed E-state index contributed by atoms with van der Waals surface area (Å²) in [5, 5.41) is 40.3. The third-order valence-electron chi connectivity index (χ3n) is 1.75. The van der Waals surface area contributed by atoms with Crippen LogP contribution in [0.4, 0.5) is 0 Å². The molecule has 23 heavy (non-hydrogen) atoms. The van der Waals surface area contributed by atoms with Crippen LogP contribution in [0.15, 0.2) is 0 Å². The molecule has 0 aromatic carbocycles. The zero-order valence-electron chi connectivity index (χ0n) is 12.0. The van der Waals surface area contributed by atoms with Crippen LogP contribution < -0.4 is 22.9 Å². The number of primary amides is 2. The lowest BCUT2D eigenvalue weighted by Crippen LogP contribution is -2.33. The maximum Gasteiger partial charge on any atom is 0.322 e. The van der Waals surface area contributed by atoms with E-state index in [1.54, 1.807) is 0 Å². The molecule has 13 nitrogen and oxygen atoms in total. The van der Waals surface area contributed by atoms with E-state index in [1.165, 1.54) is 0 Å². The van der Waals surface area contributed by atoms with Gasteiger partial charge in [0.15, 0.2) is 0 Å². The van der Waals surface area contributed by atoms with Gasteiger partial charge in [-0.3, -0.25) is 19.2 Å². The molecule has 1 unspecified atom stereocenters. The quantitative estimate of drug-likeness (QED) is 0.210. The number of aliphatic hydroxyl groups is 3. The van der Waals surface area contributed by atoms with Crippen LogP contribution in [-0.4, -0.2) is 80.7 Å². The second-order valence-corrected chi connectivity index (χ2v) is 3.84. The van der Waals surface area contributed by atoms with Crippen molar-refractivity contribution in [2.24, 2.45) is 22.9 Å². The Hall–Kier alpha value is -2.32. The van der Waals surface area contributed by atoms with Gasteiger partial charge in [-0.2, -0.15) is 0 Å². The van der Waals surface area contributed by atoms with E-state index >= 15 is 0 Å². The van der Waals surface area contributed by atoms with Gasteiger partial charge in [-0.05, 0) is 0 Å². The minimum absolute atomic E-state index is 0.407. The van der Waals surface area contributed by atoms with Crippen LogP contribution in [-0.2, 0) is 19.2 Å². The maximum absolute atomic E-state index is 10.00. The molecular formula is C10H22N4O9. The fourth-order valence-corrected chi connectivity index (χ4v) is 0.447. The highest BCUT2D eigenvalue weighted by Crippen LogP contribution is 1.86. The van der Waals surface area contributed by atoms with Crippen molar-refractivity contribution in [1.29, 1.82) is 0 Å². The van der Waals surface area contributed by atoms with E-state index in [9.17, 15) is 19.2 Å². The van der Waals surface area contributed by atoms with Crippen molar-refractivity contribution in [2.75, 3.05) is 13.2 Å². The summed E-state index contributed by atoms with van der Waals surface area (Å²) >= 11 is 0. The number of carbonyl (C=O) groups is 4. The van der Waals surface area contributed by atoms with Gasteiger partial charge in [-0.1, -0.05) is 0 Å². The third kappa shape index (κ3) is 19.7. The first-order chi connectivity index (χ1) is 10.4. The monoisotopic (exact) mass is 342 g/mol. The van der Waals surface area contributed by atoms with Gasteiger partial charge in [0, 0.05) is 0 Å². The molecule has 0 saturated heterocycles. The van der Waals surface area contributed by atoms with Crippen LogP contribution in [0.3, 0.4) is 0 Å². The molecule has 0 spiro atoms. The highest BCUT2D eigenvalue weighted by atomic mass is 16.4. The van der Waals surface area contributed by atoms with Crippen molar-refractivity contribution < 1.29 is 44.7 Å². The number of hydrogen-bond donors (Lipinski definition) is 9. The number of amides is 2. The molecule has 0 rings (SSSR count). The summed E-state index contributed by atoms with van der Waals surface area (Å²) in [6.07, 6.45) is -1.85. The van der Waals surface area contributed by atoms with Crippen LogP contribution in [0.5, 0.6) is 0 Å². The second-order valence-electron chi connectivity index (χ2n) is 3.84. The number of rotatable bonds is 7. The SMILES string of the molecule is NC(=O)CC(O)C(N)=O.N[C@@H](CO)C(=O)O.N[C@@H](CO)C(=O)O. The van der Waals surface area contributed by atoms with Crippen molar-refractivity contribution in [3.05, 3.63) is 0 Å². The predicted molar refractivity (Wildman–Crippen MR) is 74.4 cm³/mol. The smallest absolute Gasteiger partial charge is 0.322 e. The van der Waals surface area contributed by atoms with Crippen LogP contribution in [0.25, 0.3) is 0 Å². The fourth-order valence-electron chi connectivity index (χ4n) is 0.447. The molecule has 13 heteroatoms. The zero-order valence-corrected chi connectivity index (χ0v) is 12.0. The lowest BCUT2D eigenvalue weighted by atomic mass is 10.2. The van der Waals surface area contributed by atoms with Crippen LogP contribution in [0.2, 0.25) is 0 Å². The number of aliphatic hydroxyl groups excluding tert-OH is 3. The Morgan fingerprint density at radius 2 is 1.13 bits per heavy atom. The normalized spacial score (nSPS) is 13.1. The minimum Gasteiger partial charge on any atom is -0.480 e. The molecule has 0 aromatic heterocycles. The van der Waals surface area contributed by atoms with E-state index in [2.05, 4.69) is 11.5 Å². The average Bonchev–Trinajstić information content (AvgIpc) is 2.45. The molecular weight excluding hydrogens is 320 g/mol. The molecule has 2 amide bonds. The summed E-state index contributed by atoms with van der Waals surface area (Å²) in [5.74, 6) is -4.04. The van der Waals surface area contributed by atoms with Crippen molar-refractivity contribution in [1.82, 2.24) is 0 Å². The topological polar surface area (TPSA) is 274 Å². The molecule has 0 aliphatic heterocycles. The lowest BCUT2D eigenvalue weighted by molar-refractivity contribution is -0.140. The summed E-state index contributed by atoms with van der Waals surface area (Å²) < 4.78 is 0. The van der Waals surface area contributed by atoms with Gasteiger partial charge >= 0.3 is 11.9 Å². The number of hydrogen-bond acceptors (Lipinski definition) is 9. The Kier molecular flexibility index (Phi) is 16.3. The Balaban J connectivity index is -0.000000264. The van der Waals surface area contributed by atoms with E-state index in [0.717, 1.165) is 0 Å². The van der Waals surface area contributed by atoms with Crippen molar-refractivity contribution in [3.8, 4) is 0 Å². The molecule has 0 aliphatic carbocycles. The molecule has 0 aromatic rings. The summed E-state index contributed by atoms with van der Waals surface area (Å²) in [6, 6.07) is -2.25. The largest absolute Gasteiger partial charge is 0.480 e. The van der Waals surface area contributed by atoms with E-state index in [-0.39, 0.29) is 0 Å².